The number of nitrogens with zero attached hydrogens (tertiary/aromatic N) is 2. The second kappa shape index (κ2) is 15.2. The van der Waals surface area contributed by atoms with Gasteiger partial charge in [-0.05, 0) is 51.9 Å². The molecule has 2 aliphatic rings. The molecule has 0 bridgehead atoms. The van der Waals surface area contributed by atoms with Crippen molar-refractivity contribution in [2.75, 3.05) is 15.5 Å². The highest BCUT2D eigenvalue weighted by atomic mass is 15.3. The van der Waals surface area contributed by atoms with E-state index in [9.17, 15) is 0 Å². The van der Waals surface area contributed by atoms with Crippen molar-refractivity contribution >= 4 is 39.4 Å². The number of benzene rings is 7. The van der Waals surface area contributed by atoms with E-state index in [0.717, 1.165) is 22.8 Å². The van der Waals surface area contributed by atoms with Crippen molar-refractivity contribution in [1.82, 2.24) is 0 Å². The third kappa shape index (κ3) is 6.49. The van der Waals surface area contributed by atoms with Crippen molar-refractivity contribution < 1.29 is 0 Å². The Kier molecular flexibility index (Phi) is 9.94. The SMILES string of the molecule is CC.CC.c1ccc(C2=NC(c3ccc(-c4ccc(C5Nc6ccccc6N5c5ccccc5)cc4)cc3)c3ccc4ccccc4c3N2)cc1. The number of aliphatic imine (C=N–C) groups is 1. The van der Waals surface area contributed by atoms with Crippen LogP contribution >= 0.6 is 0 Å². The second-order valence-corrected chi connectivity index (χ2v) is 12.1. The molecule has 0 spiro atoms. The van der Waals surface area contributed by atoms with E-state index in [4.69, 9.17) is 4.99 Å². The molecule has 0 saturated heterocycles. The lowest BCUT2D eigenvalue weighted by atomic mass is 9.91. The first-order valence-electron chi connectivity index (χ1n) is 18.1. The number of anilines is 4. The summed E-state index contributed by atoms with van der Waals surface area (Å²) in [5.41, 5.74) is 11.7. The Morgan fingerprint density at radius 1 is 0.510 bits per heavy atom. The first-order valence-corrected chi connectivity index (χ1v) is 18.1. The molecular weight excluding hydrogens is 621 g/mol. The molecule has 0 radical (unpaired) electrons. The van der Waals surface area contributed by atoms with Crippen molar-refractivity contribution in [3.05, 3.63) is 192 Å². The summed E-state index contributed by atoms with van der Waals surface area (Å²) in [5, 5.41) is 9.85. The van der Waals surface area contributed by atoms with E-state index in [-0.39, 0.29) is 12.2 Å². The zero-order valence-electron chi connectivity index (χ0n) is 29.7. The van der Waals surface area contributed by atoms with Crippen LogP contribution in [-0.4, -0.2) is 5.84 Å². The number of hydrogen-bond donors (Lipinski definition) is 2. The minimum absolute atomic E-state index is 0.0129. The van der Waals surface area contributed by atoms with Crippen LogP contribution in [0.5, 0.6) is 0 Å². The standard InChI is InChI=1S/C43H32N4.2C2H6/c1-3-12-33(13-4-1)42-45-40(37-28-27-31-11-7-8-16-36(31)41(37)46-42)32-23-19-29(20-24-32)30-21-25-34(26-22-30)43-44-38-17-9-10-18-39(38)47(43)35-14-5-2-6-15-35;2*1-2/h1-28,40,43-44H,(H,45,46);2*1-2H3. The van der Waals surface area contributed by atoms with E-state index in [2.05, 4.69) is 179 Å². The van der Waals surface area contributed by atoms with Gasteiger partial charge in [0.1, 0.15) is 18.0 Å². The quantitative estimate of drug-likeness (QED) is 0.192. The lowest BCUT2D eigenvalue weighted by Gasteiger charge is -2.27. The summed E-state index contributed by atoms with van der Waals surface area (Å²) >= 11 is 0. The molecule has 7 aromatic carbocycles. The van der Waals surface area contributed by atoms with E-state index in [1.165, 1.54) is 50.0 Å². The van der Waals surface area contributed by atoms with Crippen LogP contribution < -0.4 is 15.5 Å². The third-order valence-electron chi connectivity index (χ3n) is 9.34. The summed E-state index contributed by atoms with van der Waals surface area (Å²) < 4.78 is 0. The predicted molar refractivity (Wildman–Crippen MR) is 218 cm³/mol. The Bertz CT molecular complexity index is 2240. The maximum absolute atomic E-state index is 5.27. The average Bonchev–Trinajstić information content (AvgIpc) is 3.62. The molecule has 0 aliphatic carbocycles. The van der Waals surface area contributed by atoms with E-state index < -0.39 is 0 Å². The zero-order chi connectivity index (χ0) is 35.2. The van der Waals surface area contributed by atoms with E-state index in [0.29, 0.717) is 0 Å². The molecule has 9 rings (SSSR count). The summed E-state index contributed by atoms with van der Waals surface area (Å²) in [6.45, 7) is 8.00. The Morgan fingerprint density at radius 3 is 1.80 bits per heavy atom. The summed E-state index contributed by atoms with van der Waals surface area (Å²) in [6.07, 6.45) is 0.0129. The van der Waals surface area contributed by atoms with Gasteiger partial charge < -0.3 is 15.5 Å². The van der Waals surface area contributed by atoms with E-state index >= 15 is 0 Å². The van der Waals surface area contributed by atoms with Crippen molar-refractivity contribution in [3.63, 3.8) is 0 Å². The molecule has 252 valence electrons. The molecule has 0 aromatic heterocycles. The zero-order valence-corrected chi connectivity index (χ0v) is 29.7. The van der Waals surface area contributed by atoms with Gasteiger partial charge in [0.2, 0.25) is 0 Å². The number of para-hydroxylation sites is 3. The van der Waals surface area contributed by atoms with Crippen molar-refractivity contribution in [2.45, 2.75) is 39.9 Å². The highest BCUT2D eigenvalue weighted by Gasteiger charge is 2.31. The van der Waals surface area contributed by atoms with Gasteiger partial charge in [0.05, 0.1) is 17.1 Å². The summed E-state index contributed by atoms with van der Waals surface area (Å²) in [6, 6.07) is 60.3. The van der Waals surface area contributed by atoms with Crippen LogP contribution in [0.15, 0.2) is 175 Å². The molecule has 2 heterocycles. The van der Waals surface area contributed by atoms with Crippen molar-refractivity contribution in [2.24, 2.45) is 4.99 Å². The van der Waals surface area contributed by atoms with Crippen molar-refractivity contribution in [1.29, 1.82) is 0 Å². The topological polar surface area (TPSA) is 39.7 Å². The van der Waals surface area contributed by atoms with Crippen LogP contribution in [0.3, 0.4) is 0 Å². The van der Waals surface area contributed by atoms with Gasteiger partial charge in [-0.2, -0.15) is 0 Å². The van der Waals surface area contributed by atoms with E-state index in [1.54, 1.807) is 0 Å². The van der Waals surface area contributed by atoms with Gasteiger partial charge in [-0.25, -0.2) is 0 Å². The van der Waals surface area contributed by atoms with Crippen molar-refractivity contribution in [3.8, 4) is 11.1 Å². The molecule has 2 N–H and O–H groups in total. The Hall–Kier alpha value is -6.13. The average molecular weight is 665 g/mol. The number of rotatable bonds is 5. The van der Waals surface area contributed by atoms with Gasteiger partial charge in [-0.1, -0.05) is 173 Å². The molecular formula is C47H44N4. The Labute approximate surface area is 302 Å². The molecule has 0 saturated carbocycles. The van der Waals surface area contributed by atoms with Gasteiger partial charge >= 0.3 is 0 Å². The molecule has 4 nitrogen and oxygen atoms in total. The van der Waals surface area contributed by atoms with Crippen LogP contribution in [0, 0.1) is 0 Å². The van der Waals surface area contributed by atoms with Crippen LogP contribution in [-0.2, 0) is 0 Å². The first kappa shape index (κ1) is 33.4. The highest BCUT2D eigenvalue weighted by molar-refractivity contribution is 6.14. The summed E-state index contributed by atoms with van der Waals surface area (Å²) in [4.78, 5) is 7.65. The number of fused-ring (bicyclic) bond motifs is 4. The maximum atomic E-state index is 5.27. The minimum atomic E-state index is -0.110. The molecule has 2 atom stereocenters. The fraction of sp³-hybridized carbons (Fsp3) is 0.128. The maximum Gasteiger partial charge on any atom is 0.133 e. The molecule has 2 aliphatic heterocycles. The van der Waals surface area contributed by atoms with Gasteiger partial charge in [0.25, 0.3) is 0 Å². The predicted octanol–water partition coefficient (Wildman–Crippen LogP) is 12.8. The fourth-order valence-electron chi connectivity index (χ4n) is 6.98. The summed E-state index contributed by atoms with van der Waals surface area (Å²) in [7, 11) is 0. The lowest BCUT2D eigenvalue weighted by molar-refractivity contribution is 0.828. The number of hydrogen-bond acceptors (Lipinski definition) is 4. The second-order valence-electron chi connectivity index (χ2n) is 12.1. The van der Waals surface area contributed by atoms with E-state index in [1.807, 2.05) is 33.8 Å². The Morgan fingerprint density at radius 2 is 1.10 bits per heavy atom. The molecule has 4 heteroatoms. The van der Waals surface area contributed by atoms with Gasteiger partial charge in [-0.15, -0.1) is 0 Å². The molecule has 7 aromatic rings. The monoisotopic (exact) mass is 664 g/mol. The molecule has 0 amide bonds. The fourth-order valence-corrected chi connectivity index (χ4v) is 6.98. The van der Waals surface area contributed by atoms with Crippen LogP contribution in [0.1, 0.15) is 62.2 Å². The largest absolute Gasteiger partial charge is 0.359 e. The molecule has 51 heavy (non-hydrogen) atoms. The van der Waals surface area contributed by atoms with Crippen LogP contribution in [0.4, 0.5) is 22.7 Å². The Balaban J connectivity index is 0.000000983. The molecule has 0 fully saturated rings. The molecule has 2 unspecified atom stereocenters. The van der Waals surface area contributed by atoms with Crippen LogP contribution in [0.2, 0.25) is 0 Å². The number of amidine groups is 1. The summed E-state index contributed by atoms with van der Waals surface area (Å²) in [5.74, 6) is 0.895. The first-order chi connectivity index (χ1) is 25.3. The lowest BCUT2D eigenvalue weighted by Crippen LogP contribution is -2.23. The normalized spacial score (nSPS) is 15.5. The smallest absolute Gasteiger partial charge is 0.133 e. The number of nitrogens with one attached hydrogen (secondary N) is 2. The third-order valence-corrected chi connectivity index (χ3v) is 9.34. The van der Waals surface area contributed by atoms with Gasteiger partial charge in [0.15, 0.2) is 0 Å². The van der Waals surface area contributed by atoms with Gasteiger partial charge in [-0.3, -0.25) is 4.99 Å². The minimum Gasteiger partial charge on any atom is -0.359 e. The van der Waals surface area contributed by atoms with Gasteiger partial charge in [0, 0.05) is 22.2 Å². The highest BCUT2D eigenvalue weighted by Crippen LogP contribution is 2.46. The van der Waals surface area contributed by atoms with Crippen LogP contribution in [0.25, 0.3) is 21.9 Å².